The normalized spacial score (nSPS) is 31.8. The molecule has 0 N–H and O–H groups in total. The van der Waals surface area contributed by atoms with E-state index in [4.69, 9.17) is 21.1 Å². The van der Waals surface area contributed by atoms with Crippen molar-refractivity contribution in [2.24, 2.45) is 33.7 Å². The van der Waals surface area contributed by atoms with Gasteiger partial charge in [0.15, 0.2) is 6.17 Å². The molecule has 5 nitrogen and oxygen atoms in total. The highest BCUT2D eigenvalue weighted by Crippen LogP contribution is 2.53. The monoisotopic (exact) mass is 700 g/mol. The van der Waals surface area contributed by atoms with E-state index >= 15 is 0 Å². The molecule has 8 aliphatic rings. The van der Waals surface area contributed by atoms with Gasteiger partial charge in [0, 0.05) is 40.4 Å². The molecule has 1 saturated heterocycles. The Hall–Kier alpha value is -4.66. The average Bonchev–Trinajstić information content (AvgIpc) is 3.75. The molecule has 2 aliphatic heterocycles. The Balaban J connectivity index is 1.25. The van der Waals surface area contributed by atoms with Crippen LogP contribution in [-0.2, 0) is 4.74 Å². The minimum atomic E-state index is -0.286. The largest absolute Gasteiger partial charge is 0.368 e. The fourth-order valence-electron chi connectivity index (χ4n) is 10.4. The summed E-state index contributed by atoms with van der Waals surface area (Å²) < 4.78 is 9.88. The first kappa shape index (κ1) is 34.1. The SMILES string of the molecule is C#C/C=C(\C=C/C)C1N=C(C2CC(C3=CC=CCC3)=CC=C2n2c3c(c4c2=CCCC=4)C=CC2C4CCCC(C)C4O[C@@H]32)N=C(C2=CC=CCC2)N1C. The van der Waals surface area contributed by atoms with E-state index in [-0.39, 0.29) is 18.2 Å². The Morgan fingerprint density at radius 1 is 0.981 bits per heavy atom. The first-order valence-electron chi connectivity index (χ1n) is 20.2. The van der Waals surface area contributed by atoms with Crippen LogP contribution in [0.15, 0.2) is 105 Å². The van der Waals surface area contributed by atoms with E-state index in [1.807, 2.05) is 13.0 Å². The van der Waals surface area contributed by atoms with Crippen molar-refractivity contribution < 1.29 is 4.74 Å². The molecule has 0 radical (unpaired) electrons. The van der Waals surface area contributed by atoms with Crippen LogP contribution in [0.5, 0.6) is 0 Å². The standard InChI is InChI=1S/C48H52N4O/c1-5-16-33(17-6-2)47-49-46(50-48(51(47)4)34-21-11-8-12-22-34)40-30-35(32-19-9-7-10-20-32)26-29-42(40)52-41-25-14-13-23-36(41)37-27-28-39-38-24-15-18-31(3)44(38)53-45(39)43(37)52/h1,6-9,11,16-17,19,21,23,25-29,31,38-40,44-45,47H,10,12-15,18,20,22,24,30H2,2-4H3/b17-6-,33-16+/t31?,38?,39?,40?,44?,45-,47?/m1/s1. The minimum absolute atomic E-state index is 0.0429. The zero-order valence-electron chi connectivity index (χ0n) is 31.5. The number of aromatic nitrogens is 1. The van der Waals surface area contributed by atoms with Crippen molar-refractivity contribution in [2.45, 2.75) is 96.4 Å². The molecule has 6 aliphatic carbocycles. The fraction of sp³-hybridized carbons (Fsp3) is 0.417. The van der Waals surface area contributed by atoms with Crippen LogP contribution in [0.2, 0.25) is 0 Å². The third-order valence-corrected chi connectivity index (χ3v) is 12.9. The topological polar surface area (TPSA) is 42.1 Å². The first-order chi connectivity index (χ1) is 26.1. The first-order valence-corrected chi connectivity index (χ1v) is 20.2. The summed E-state index contributed by atoms with van der Waals surface area (Å²) in [5, 5.41) is 2.67. The second kappa shape index (κ2) is 14.3. The predicted molar refractivity (Wildman–Crippen MR) is 220 cm³/mol. The second-order valence-electron chi connectivity index (χ2n) is 16.0. The quantitative estimate of drug-likeness (QED) is 0.220. The molecular formula is C48H52N4O. The average molecular weight is 701 g/mol. The van der Waals surface area contributed by atoms with E-state index in [0.717, 1.165) is 62.2 Å². The Morgan fingerprint density at radius 2 is 1.79 bits per heavy atom. The molecule has 53 heavy (non-hydrogen) atoms. The second-order valence-corrected chi connectivity index (χ2v) is 16.0. The van der Waals surface area contributed by atoms with Crippen LogP contribution >= 0.6 is 0 Å². The number of ether oxygens (including phenoxy) is 1. The number of aliphatic imine (C=N–C) groups is 2. The Bertz CT molecular complexity index is 2210. The molecule has 0 aromatic carbocycles. The van der Waals surface area contributed by atoms with Crippen molar-refractivity contribution in [3.63, 3.8) is 0 Å². The molecule has 7 atom stereocenters. The van der Waals surface area contributed by atoms with E-state index in [1.54, 1.807) is 0 Å². The van der Waals surface area contributed by atoms with Gasteiger partial charge in [-0.25, -0.2) is 9.98 Å². The van der Waals surface area contributed by atoms with Crippen LogP contribution in [0, 0.1) is 36.0 Å². The Morgan fingerprint density at radius 3 is 2.57 bits per heavy atom. The van der Waals surface area contributed by atoms with Crippen LogP contribution in [0.1, 0.15) is 95.4 Å². The molecule has 0 bridgehead atoms. The van der Waals surface area contributed by atoms with E-state index in [0.29, 0.717) is 23.9 Å². The maximum absolute atomic E-state index is 7.26. The van der Waals surface area contributed by atoms with Gasteiger partial charge in [-0.2, -0.15) is 0 Å². The maximum atomic E-state index is 7.26. The van der Waals surface area contributed by atoms with Crippen molar-refractivity contribution in [3.8, 4) is 12.3 Å². The number of fused-ring (bicyclic) bond motifs is 7. The fourth-order valence-corrected chi connectivity index (χ4v) is 10.4. The predicted octanol–water partition coefficient (Wildman–Crippen LogP) is 8.91. The molecule has 0 amide bonds. The van der Waals surface area contributed by atoms with Crippen LogP contribution < -0.4 is 10.6 Å². The maximum Gasteiger partial charge on any atom is 0.150 e. The van der Waals surface area contributed by atoms with Crippen molar-refractivity contribution >= 4 is 35.6 Å². The summed E-state index contributed by atoms with van der Waals surface area (Å²) in [6.45, 7) is 4.45. The number of likely N-dealkylation sites (N-methyl/N-ethyl adjacent to an activating group) is 1. The Kier molecular flexibility index (Phi) is 9.20. The molecule has 0 spiro atoms. The number of nitrogens with zero attached hydrogens (tertiary/aromatic N) is 4. The van der Waals surface area contributed by atoms with Gasteiger partial charge in [-0.3, -0.25) is 0 Å². The molecule has 1 aromatic heterocycles. The summed E-state index contributed by atoms with van der Waals surface area (Å²) in [6, 6.07) is 0. The van der Waals surface area contributed by atoms with Gasteiger partial charge in [-0.1, -0.05) is 98.3 Å². The summed E-state index contributed by atoms with van der Waals surface area (Å²) in [5.41, 5.74) is 8.97. The lowest BCUT2D eigenvalue weighted by molar-refractivity contribution is -0.0161. The highest BCUT2D eigenvalue weighted by atomic mass is 16.5. The van der Waals surface area contributed by atoms with Crippen molar-refractivity contribution in [3.05, 3.63) is 117 Å². The smallest absolute Gasteiger partial charge is 0.150 e. The number of hydrogen-bond donors (Lipinski definition) is 0. The van der Waals surface area contributed by atoms with Crippen LogP contribution in [-0.4, -0.2) is 40.5 Å². The molecule has 3 heterocycles. The molecule has 5 heteroatoms. The lowest BCUT2D eigenvalue weighted by Gasteiger charge is -2.37. The van der Waals surface area contributed by atoms with Crippen LogP contribution in [0.4, 0.5) is 0 Å². The number of amidine groups is 2. The van der Waals surface area contributed by atoms with Gasteiger partial charge in [0.25, 0.3) is 0 Å². The van der Waals surface area contributed by atoms with E-state index in [9.17, 15) is 0 Å². The van der Waals surface area contributed by atoms with Gasteiger partial charge in [0.05, 0.1) is 17.7 Å². The number of allylic oxidation sites excluding steroid dienone is 12. The molecule has 6 unspecified atom stereocenters. The van der Waals surface area contributed by atoms with E-state index in [2.05, 4.69) is 114 Å². The summed E-state index contributed by atoms with van der Waals surface area (Å²) >= 11 is 0. The lowest BCUT2D eigenvalue weighted by Crippen LogP contribution is -2.44. The highest BCUT2D eigenvalue weighted by Gasteiger charge is 2.50. The molecule has 270 valence electrons. The number of hydrogen-bond acceptors (Lipinski definition) is 4. The van der Waals surface area contributed by atoms with Gasteiger partial charge in [-0.05, 0) is 105 Å². The van der Waals surface area contributed by atoms with E-state index < -0.39 is 0 Å². The molecular weight excluding hydrogens is 649 g/mol. The molecule has 1 aromatic rings. The molecule has 2 fully saturated rings. The number of terminal acetylenes is 1. The van der Waals surface area contributed by atoms with Gasteiger partial charge in [0.1, 0.15) is 17.8 Å². The summed E-state index contributed by atoms with van der Waals surface area (Å²) in [6.07, 6.45) is 51.0. The molecule has 1 saturated carbocycles. The third kappa shape index (κ3) is 5.91. The summed E-state index contributed by atoms with van der Waals surface area (Å²) in [4.78, 5) is 13.4. The zero-order chi connectivity index (χ0) is 36.1. The molecule has 9 rings (SSSR count). The van der Waals surface area contributed by atoms with Gasteiger partial charge >= 0.3 is 0 Å². The van der Waals surface area contributed by atoms with Gasteiger partial charge in [-0.15, -0.1) is 6.42 Å². The minimum Gasteiger partial charge on any atom is -0.368 e. The van der Waals surface area contributed by atoms with Crippen molar-refractivity contribution in [2.75, 3.05) is 7.05 Å². The van der Waals surface area contributed by atoms with Crippen molar-refractivity contribution in [1.82, 2.24) is 9.47 Å². The lowest BCUT2D eigenvalue weighted by atomic mass is 9.72. The Labute approximate surface area is 315 Å². The number of rotatable bonds is 6. The highest BCUT2D eigenvalue weighted by molar-refractivity contribution is 6.10. The van der Waals surface area contributed by atoms with Gasteiger partial charge < -0.3 is 14.2 Å². The third-order valence-electron chi connectivity index (χ3n) is 12.9. The summed E-state index contributed by atoms with van der Waals surface area (Å²) in [5.74, 6) is 6.18. The van der Waals surface area contributed by atoms with Crippen LogP contribution in [0.25, 0.3) is 23.9 Å². The van der Waals surface area contributed by atoms with E-state index in [1.165, 1.54) is 63.5 Å². The van der Waals surface area contributed by atoms with Gasteiger partial charge in [0.2, 0.25) is 0 Å². The van der Waals surface area contributed by atoms with Crippen molar-refractivity contribution in [1.29, 1.82) is 0 Å². The zero-order valence-corrected chi connectivity index (χ0v) is 31.5. The summed E-state index contributed by atoms with van der Waals surface area (Å²) in [7, 11) is 2.12. The van der Waals surface area contributed by atoms with Crippen LogP contribution in [0.3, 0.4) is 0 Å².